The van der Waals surface area contributed by atoms with E-state index in [1.807, 2.05) is 0 Å². The van der Waals surface area contributed by atoms with Crippen molar-refractivity contribution in [2.45, 2.75) is 6.18 Å². The van der Waals surface area contributed by atoms with Crippen LogP contribution in [-0.2, 0) is 6.18 Å². The lowest BCUT2D eigenvalue weighted by Crippen LogP contribution is -2.43. The molecule has 0 radical (unpaired) electrons. The van der Waals surface area contributed by atoms with Crippen LogP contribution in [-0.4, -0.2) is 34.0 Å². The number of nitrogens with one attached hydrogen (secondary N) is 1. The molecule has 0 bridgehead atoms. The van der Waals surface area contributed by atoms with Crippen LogP contribution in [0.15, 0.2) is 46.3 Å². The zero-order valence-corrected chi connectivity index (χ0v) is 14.5. The van der Waals surface area contributed by atoms with Gasteiger partial charge in [0.15, 0.2) is 0 Å². The monoisotopic (exact) mass is 396 g/mol. The van der Waals surface area contributed by atoms with E-state index in [0.29, 0.717) is 4.88 Å². The Morgan fingerprint density at radius 1 is 1.19 bits per heavy atom. The molecule has 0 saturated heterocycles. The molecular weight excluding hydrogens is 385 g/mol. The highest BCUT2D eigenvalue weighted by Gasteiger charge is 2.38. The Morgan fingerprint density at radius 3 is 2.44 bits per heavy atom. The number of hydrogen-bond donors (Lipinski definition) is 1. The van der Waals surface area contributed by atoms with Gasteiger partial charge in [-0.15, -0.1) is 11.3 Å². The van der Waals surface area contributed by atoms with E-state index < -0.39 is 18.0 Å². The van der Waals surface area contributed by atoms with Crippen LogP contribution in [0, 0.1) is 0 Å². The number of halogens is 3. The van der Waals surface area contributed by atoms with Gasteiger partial charge in [-0.1, -0.05) is 23.4 Å². The third-order valence-electron chi connectivity index (χ3n) is 3.38. The maximum absolute atomic E-state index is 12.5. The molecule has 3 aromatic rings. The van der Waals surface area contributed by atoms with Crippen LogP contribution >= 0.6 is 11.3 Å². The standard InChI is InChI=1S/C16H11F3N4O3S/c1-23(14(25)11-3-2-8-27-11)21-13(24)10-6-4-9(5-7-10)12-20-15(26-22-12)16(17,18)19/h2-8H,1H3,(H,21,24). The minimum Gasteiger partial charge on any atom is -0.329 e. The van der Waals surface area contributed by atoms with Crippen LogP contribution in [0.3, 0.4) is 0 Å². The lowest BCUT2D eigenvalue weighted by molar-refractivity contribution is -0.159. The largest absolute Gasteiger partial charge is 0.471 e. The molecule has 7 nitrogen and oxygen atoms in total. The summed E-state index contributed by atoms with van der Waals surface area (Å²) in [6.45, 7) is 0. The number of alkyl halides is 3. The number of rotatable bonds is 3. The van der Waals surface area contributed by atoms with Gasteiger partial charge in [-0.05, 0) is 23.6 Å². The van der Waals surface area contributed by atoms with Crippen LogP contribution in [0.1, 0.15) is 25.9 Å². The fourth-order valence-electron chi connectivity index (χ4n) is 2.06. The number of amides is 2. The number of carbonyl (C=O) groups is 2. The van der Waals surface area contributed by atoms with Gasteiger partial charge in [-0.2, -0.15) is 18.2 Å². The highest BCUT2D eigenvalue weighted by Crippen LogP contribution is 2.29. The Bertz CT molecular complexity index is 952. The molecule has 0 fully saturated rings. The van der Waals surface area contributed by atoms with E-state index in [1.54, 1.807) is 17.5 Å². The SMILES string of the molecule is CN(NC(=O)c1ccc(-c2noc(C(F)(F)F)n2)cc1)C(=O)c1cccs1. The summed E-state index contributed by atoms with van der Waals surface area (Å²) in [6, 6.07) is 8.84. The van der Waals surface area contributed by atoms with E-state index in [2.05, 4.69) is 20.1 Å². The second-order valence-corrected chi connectivity index (χ2v) is 6.23. The van der Waals surface area contributed by atoms with Gasteiger partial charge >= 0.3 is 12.1 Å². The highest BCUT2D eigenvalue weighted by molar-refractivity contribution is 7.12. The van der Waals surface area contributed by atoms with Crippen LogP contribution < -0.4 is 5.43 Å². The zero-order chi connectivity index (χ0) is 19.6. The molecule has 2 heterocycles. The number of carbonyl (C=O) groups excluding carboxylic acids is 2. The molecule has 1 aromatic carbocycles. The summed E-state index contributed by atoms with van der Waals surface area (Å²) >= 11 is 1.24. The van der Waals surface area contributed by atoms with Crippen molar-refractivity contribution >= 4 is 23.2 Å². The van der Waals surface area contributed by atoms with Gasteiger partial charge in [0.25, 0.3) is 11.8 Å². The van der Waals surface area contributed by atoms with E-state index >= 15 is 0 Å². The van der Waals surface area contributed by atoms with Crippen LogP contribution in [0.5, 0.6) is 0 Å². The van der Waals surface area contributed by atoms with Crippen LogP contribution in [0.2, 0.25) is 0 Å². The van der Waals surface area contributed by atoms with Crippen molar-refractivity contribution in [2.75, 3.05) is 7.05 Å². The van der Waals surface area contributed by atoms with Crippen molar-refractivity contribution in [3.05, 3.63) is 58.1 Å². The minimum absolute atomic E-state index is 0.198. The first-order valence-electron chi connectivity index (χ1n) is 7.39. The second kappa shape index (κ2) is 7.19. The maximum atomic E-state index is 12.5. The van der Waals surface area contributed by atoms with Gasteiger partial charge in [-0.3, -0.25) is 20.0 Å². The first-order valence-corrected chi connectivity index (χ1v) is 8.27. The molecule has 140 valence electrons. The molecule has 3 rings (SSSR count). The lowest BCUT2D eigenvalue weighted by atomic mass is 10.1. The Labute approximate surface area is 154 Å². The van der Waals surface area contributed by atoms with Gasteiger partial charge in [0, 0.05) is 18.2 Å². The smallest absolute Gasteiger partial charge is 0.329 e. The molecule has 0 aliphatic heterocycles. The second-order valence-electron chi connectivity index (χ2n) is 5.28. The summed E-state index contributed by atoms with van der Waals surface area (Å²) in [4.78, 5) is 28.0. The van der Waals surface area contributed by atoms with Crippen molar-refractivity contribution in [1.29, 1.82) is 0 Å². The number of aromatic nitrogens is 2. The van der Waals surface area contributed by atoms with Crippen molar-refractivity contribution in [3.63, 3.8) is 0 Å². The molecule has 1 N–H and O–H groups in total. The number of benzene rings is 1. The number of thiophene rings is 1. The first kappa shape index (κ1) is 18.6. The van der Waals surface area contributed by atoms with Gasteiger partial charge in [0.2, 0.25) is 5.82 Å². The van der Waals surface area contributed by atoms with Gasteiger partial charge in [0.1, 0.15) is 0 Å². The predicted octanol–water partition coefficient (Wildman–Crippen LogP) is 3.23. The molecule has 0 saturated carbocycles. The van der Waals surface area contributed by atoms with E-state index in [4.69, 9.17) is 0 Å². The fraction of sp³-hybridized carbons (Fsp3) is 0.125. The van der Waals surface area contributed by atoms with Gasteiger partial charge in [0.05, 0.1) is 4.88 Å². The van der Waals surface area contributed by atoms with E-state index in [1.165, 1.54) is 42.6 Å². The predicted molar refractivity (Wildman–Crippen MR) is 88.6 cm³/mol. The average molecular weight is 396 g/mol. The Morgan fingerprint density at radius 2 is 1.89 bits per heavy atom. The molecular formula is C16H11F3N4O3S. The molecule has 0 spiro atoms. The van der Waals surface area contributed by atoms with Crippen molar-refractivity contribution in [1.82, 2.24) is 20.6 Å². The Hall–Kier alpha value is -3.21. The van der Waals surface area contributed by atoms with Crippen LogP contribution in [0.25, 0.3) is 11.4 Å². The molecule has 0 aliphatic rings. The molecule has 11 heteroatoms. The maximum Gasteiger partial charge on any atom is 0.471 e. The summed E-state index contributed by atoms with van der Waals surface area (Å²) in [5, 5.41) is 6.06. The van der Waals surface area contributed by atoms with Crippen molar-refractivity contribution < 1.29 is 27.3 Å². The van der Waals surface area contributed by atoms with Crippen molar-refractivity contribution in [3.8, 4) is 11.4 Å². The minimum atomic E-state index is -4.73. The van der Waals surface area contributed by atoms with E-state index in [-0.39, 0.29) is 22.9 Å². The first-order chi connectivity index (χ1) is 12.8. The van der Waals surface area contributed by atoms with Crippen LogP contribution in [0.4, 0.5) is 13.2 Å². The Kier molecular flexibility index (Phi) is 4.95. The Balaban J connectivity index is 1.68. The van der Waals surface area contributed by atoms with Gasteiger partial charge < -0.3 is 4.52 Å². The number of hydrogen-bond acceptors (Lipinski definition) is 6. The summed E-state index contributed by atoms with van der Waals surface area (Å²) in [6.07, 6.45) is -4.73. The molecule has 27 heavy (non-hydrogen) atoms. The summed E-state index contributed by atoms with van der Waals surface area (Å²) < 4.78 is 41.7. The molecule has 0 unspecified atom stereocenters. The third-order valence-corrected chi connectivity index (χ3v) is 4.24. The highest BCUT2D eigenvalue weighted by atomic mass is 32.1. The summed E-state index contributed by atoms with van der Waals surface area (Å²) in [5.41, 5.74) is 2.86. The normalized spacial score (nSPS) is 11.3. The quantitative estimate of drug-likeness (QED) is 0.687. The number of hydrazine groups is 1. The van der Waals surface area contributed by atoms with E-state index in [0.717, 1.165) is 5.01 Å². The van der Waals surface area contributed by atoms with Gasteiger partial charge in [-0.25, -0.2) is 0 Å². The molecule has 0 aliphatic carbocycles. The lowest BCUT2D eigenvalue weighted by Gasteiger charge is -2.17. The molecule has 2 amide bonds. The number of nitrogens with zero attached hydrogens (tertiary/aromatic N) is 3. The fourth-order valence-corrected chi connectivity index (χ4v) is 2.76. The molecule has 0 atom stereocenters. The van der Waals surface area contributed by atoms with E-state index in [9.17, 15) is 22.8 Å². The topological polar surface area (TPSA) is 88.3 Å². The average Bonchev–Trinajstić information content (AvgIpc) is 3.32. The molecule has 2 aromatic heterocycles. The summed E-state index contributed by atoms with van der Waals surface area (Å²) in [5.74, 6) is -2.63. The van der Waals surface area contributed by atoms with Crippen molar-refractivity contribution in [2.24, 2.45) is 0 Å². The zero-order valence-electron chi connectivity index (χ0n) is 13.6. The summed E-state index contributed by atoms with van der Waals surface area (Å²) in [7, 11) is 1.41. The third kappa shape index (κ3) is 4.14.